The van der Waals surface area contributed by atoms with Gasteiger partial charge in [-0.15, -0.1) is 0 Å². The number of hydrogen-bond donors (Lipinski definition) is 2. The van der Waals surface area contributed by atoms with E-state index in [0.717, 1.165) is 17.0 Å². The fraction of sp³-hybridized carbons (Fsp3) is 0.357. The van der Waals surface area contributed by atoms with E-state index in [1.54, 1.807) is 25.4 Å². The number of anilines is 1. The van der Waals surface area contributed by atoms with Crippen molar-refractivity contribution in [2.45, 2.75) is 26.8 Å². The van der Waals surface area contributed by atoms with Gasteiger partial charge in [0.15, 0.2) is 0 Å². The van der Waals surface area contributed by atoms with Crippen molar-refractivity contribution in [3.8, 4) is 0 Å². The van der Waals surface area contributed by atoms with Gasteiger partial charge in [-0.2, -0.15) is 0 Å². The van der Waals surface area contributed by atoms with E-state index in [9.17, 15) is 4.79 Å². The predicted molar refractivity (Wildman–Crippen MR) is 75.6 cm³/mol. The normalized spacial score (nSPS) is 12.0. The lowest BCUT2D eigenvalue weighted by Gasteiger charge is -2.15. The van der Waals surface area contributed by atoms with Crippen LogP contribution in [0.5, 0.6) is 0 Å². The molecule has 0 radical (unpaired) electrons. The molecule has 2 aromatic rings. The number of aryl methyl sites for hydroxylation is 2. The van der Waals surface area contributed by atoms with Crippen LogP contribution in [-0.2, 0) is 0 Å². The molecule has 0 aromatic carbocycles. The fourth-order valence-electron chi connectivity index (χ4n) is 2.24. The molecular weight excluding hydrogens is 256 g/mol. The lowest BCUT2D eigenvalue weighted by molar-refractivity contribution is 0.0940. The summed E-state index contributed by atoms with van der Waals surface area (Å²) >= 11 is 0. The molecule has 6 nitrogen and oxygen atoms in total. The zero-order chi connectivity index (χ0) is 14.7. The number of carbonyl (C=O) groups is 1. The van der Waals surface area contributed by atoms with Crippen molar-refractivity contribution >= 4 is 11.7 Å². The van der Waals surface area contributed by atoms with E-state index in [2.05, 4.69) is 20.8 Å². The Labute approximate surface area is 117 Å². The van der Waals surface area contributed by atoms with Crippen LogP contribution in [0.3, 0.4) is 0 Å². The number of nitrogens with one attached hydrogen (secondary N) is 2. The van der Waals surface area contributed by atoms with Crippen molar-refractivity contribution in [3.63, 3.8) is 0 Å². The standard InChI is InChI=1S/C14H18N4O2/c1-8(12-9(2)18-20-10(12)3)17-14(19)11-6-5-7-16-13(11)15-4/h5-8H,1-4H3,(H,15,16)(H,17,19). The molecule has 0 fully saturated rings. The van der Waals surface area contributed by atoms with Crippen LogP contribution >= 0.6 is 0 Å². The van der Waals surface area contributed by atoms with Gasteiger partial charge in [-0.1, -0.05) is 5.16 Å². The summed E-state index contributed by atoms with van der Waals surface area (Å²) in [6.45, 7) is 5.60. The van der Waals surface area contributed by atoms with Crippen LogP contribution in [0.2, 0.25) is 0 Å². The largest absolute Gasteiger partial charge is 0.372 e. The number of rotatable bonds is 4. The summed E-state index contributed by atoms with van der Waals surface area (Å²) in [7, 11) is 1.73. The van der Waals surface area contributed by atoms with Crippen molar-refractivity contribution in [3.05, 3.63) is 40.9 Å². The highest BCUT2D eigenvalue weighted by molar-refractivity contribution is 5.98. The molecule has 0 aliphatic heterocycles. The third-order valence-electron chi connectivity index (χ3n) is 3.16. The maximum absolute atomic E-state index is 12.3. The minimum absolute atomic E-state index is 0.182. The zero-order valence-corrected chi connectivity index (χ0v) is 12.0. The Morgan fingerprint density at radius 3 is 2.75 bits per heavy atom. The Bertz CT molecular complexity index is 602. The topological polar surface area (TPSA) is 80.0 Å². The summed E-state index contributed by atoms with van der Waals surface area (Å²) in [6.07, 6.45) is 1.64. The molecule has 1 unspecified atom stereocenters. The number of carbonyl (C=O) groups excluding carboxylic acids is 1. The summed E-state index contributed by atoms with van der Waals surface area (Å²) in [4.78, 5) is 16.4. The van der Waals surface area contributed by atoms with Crippen molar-refractivity contribution in [2.24, 2.45) is 0 Å². The van der Waals surface area contributed by atoms with E-state index in [1.807, 2.05) is 20.8 Å². The van der Waals surface area contributed by atoms with Crippen molar-refractivity contribution in [1.82, 2.24) is 15.5 Å². The highest BCUT2D eigenvalue weighted by atomic mass is 16.5. The summed E-state index contributed by atoms with van der Waals surface area (Å²) in [6, 6.07) is 3.28. The second kappa shape index (κ2) is 5.73. The first-order valence-electron chi connectivity index (χ1n) is 6.41. The average Bonchev–Trinajstić information content (AvgIpc) is 2.78. The molecule has 0 spiro atoms. The molecule has 2 rings (SSSR count). The maximum atomic E-state index is 12.3. The van der Waals surface area contributed by atoms with Gasteiger partial charge in [-0.25, -0.2) is 4.98 Å². The number of nitrogens with zero attached hydrogens (tertiary/aromatic N) is 2. The van der Waals surface area contributed by atoms with Crippen molar-refractivity contribution < 1.29 is 9.32 Å². The van der Waals surface area contributed by atoms with Crippen LogP contribution in [0.25, 0.3) is 0 Å². The lowest BCUT2D eigenvalue weighted by atomic mass is 10.1. The molecule has 2 aromatic heterocycles. The van der Waals surface area contributed by atoms with Gasteiger partial charge in [0, 0.05) is 18.8 Å². The van der Waals surface area contributed by atoms with Gasteiger partial charge in [0.2, 0.25) is 0 Å². The third-order valence-corrected chi connectivity index (χ3v) is 3.16. The molecule has 20 heavy (non-hydrogen) atoms. The molecule has 1 amide bonds. The van der Waals surface area contributed by atoms with Gasteiger partial charge < -0.3 is 15.2 Å². The molecule has 0 saturated heterocycles. The quantitative estimate of drug-likeness (QED) is 0.893. The monoisotopic (exact) mass is 274 g/mol. The molecule has 0 aliphatic rings. The second-order valence-electron chi connectivity index (χ2n) is 4.58. The number of aromatic nitrogens is 2. The van der Waals surface area contributed by atoms with E-state index in [4.69, 9.17) is 4.52 Å². The minimum atomic E-state index is -0.185. The van der Waals surface area contributed by atoms with Gasteiger partial charge >= 0.3 is 0 Å². The Morgan fingerprint density at radius 2 is 2.15 bits per heavy atom. The first kappa shape index (κ1) is 14.0. The first-order valence-corrected chi connectivity index (χ1v) is 6.41. The van der Waals surface area contributed by atoms with Crippen LogP contribution in [0.15, 0.2) is 22.9 Å². The van der Waals surface area contributed by atoms with E-state index in [1.165, 1.54) is 0 Å². The highest BCUT2D eigenvalue weighted by Gasteiger charge is 2.20. The number of pyridine rings is 1. The second-order valence-corrected chi connectivity index (χ2v) is 4.58. The fourth-order valence-corrected chi connectivity index (χ4v) is 2.24. The zero-order valence-electron chi connectivity index (χ0n) is 12.0. The Balaban J connectivity index is 2.20. The van der Waals surface area contributed by atoms with Crippen molar-refractivity contribution in [2.75, 3.05) is 12.4 Å². The van der Waals surface area contributed by atoms with Crippen LogP contribution in [0.1, 0.15) is 40.3 Å². The summed E-state index contributed by atoms with van der Waals surface area (Å²) in [5.74, 6) is 1.08. The molecule has 2 N–H and O–H groups in total. The SMILES string of the molecule is CNc1ncccc1C(=O)NC(C)c1c(C)noc1C. The van der Waals surface area contributed by atoms with Gasteiger partial charge in [0.05, 0.1) is 17.3 Å². The van der Waals surface area contributed by atoms with Crippen molar-refractivity contribution in [1.29, 1.82) is 0 Å². The molecule has 2 heterocycles. The summed E-state index contributed by atoms with van der Waals surface area (Å²) in [5, 5.41) is 9.74. The Morgan fingerprint density at radius 1 is 1.40 bits per heavy atom. The van der Waals surface area contributed by atoms with E-state index >= 15 is 0 Å². The lowest BCUT2D eigenvalue weighted by Crippen LogP contribution is -2.28. The summed E-state index contributed by atoms with van der Waals surface area (Å²) < 4.78 is 5.12. The van der Waals surface area contributed by atoms with Crippen LogP contribution < -0.4 is 10.6 Å². The van der Waals surface area contributed by atoms with Gasteiger partial charge in [0.25, 0.3) is 5.91 Å². The van der Waals surface area contributed by atoms with E-state index in [0.29, 0.717) is 11.4 Å². The average molecular weight is 274 g/mol. The molecule has 0 bridgehead atoms. The Hall–Kier alpha value is -2.37. The van der Waals surface area contributed by atoms with Gasteiger partial charge in [-0.3, -0.25) is 4.79 Å². The first-order chi connectivity index (χ1) is 9.54. The summed E-state index contributed by atoms with van der Waals surface area (Å²) in [5.41, 5.74) is 2.21. The molecule has 1 atom stereocenters. The van der Waals surface area contributed by atoms with Crippen LogP contribution in [0.4, 0.5) is 5.82 Å². The van der Waals surface area contributed by atoms with E-state index < -0.39 is 0 Å². The highest BCUT2D eigenvalue weighted by Crippen LogP contribution is 2.21. The molecule has 0 saturated carbocycles. The number of amides is 1. The molecule has 106 valence electrons. The Kier molecular flexibility index (Phi) is 4.02. The van der Waals surface area contributed by atoms with Gasteiger partial charge in [-0.05, 0) is 32.9 Å². The van der Waals surface area contributed by atoms with E-state index in [-0.39, 0.29) is 11.9 Å². The third kappa shape index (κ3) is 2.64. The van der Waals surface area contributed by atoms with Crippen LogP contribution in [0, 0.1) is 13.8 Å². The van der Waals surface area contributed by atoms with Crippen LogP contribution in [-0.4, -0.2) is 23.1 Å². The molecule has 6 heteroatoms. The minimum Gasteiger partial charge on any atom is -0.372 e. The number of hydrogen-bond acceptors (Lipinski definition) is 5. The predicted octanol–water partition coefficient (Wildman–Crippen LogP) is 2.22. The smallest absolute Gasteiger partial charge is 0.255 e. The molecular formula is C14H18N4O2. The molecule has 0 aliphatic carbocycles. The van der Waals surface area contributed by atoms with Gasteiger partial charge in [0.1, 0.15) is 11.6 Å². The maximum Gasteiger partial charge on any atom is 0.255 e.